The van der Waals surface area contributed by atoms with Gasteiger partial charge in [-0.15, -0.1) is 0 Å². The first-order chi connectivity index (χ1) is 8.72. The number of hydrogen-bond acceptors (Lipinski definition) is 3. The van der Waals surface area contributed by atoms with Gasteiger partial charge in [-0.2, -0.15) is 10.2 Å². The van der Waals surface area contributed by atoms with Crippen molar-refractivity contribution in [3.63, 3.8) is 0 Å². The first-order valence-corrected chi connectivity index (χ1v) is 6.34. The van der Waals surface area contributed by atoms with Crippen LogP contribution in [0.15, 0.2) is 36.7 Å². The summed E-state index contributed by atoms with van der Waals surface area (Å²) >= 11 is 12.2. The van der Waals surface area contributed by atoms with Crippen LogP contribution >= 0.6 is 23.2 Å². The van der Waals surface area contributed by atoms with E-state index in [1.54, 1.807) is 18.5 Å². The van der Waals surface area contributed by atoms with E-state index in [1.165, 1.54) is 0 Å². The maximum Gasteiger partial charge on any atom is 0.0624 e. The quantitative estimate of drug-likeness (QED) is 0.935. The van der Waals surface area contributed by atoms with Gasteiger partial charge in [-0.05, 0) is 36.7 Å². The highest BCUT2D eigenvalue weighted by atomic mass is 35.5. The molecule has 1 unspecified atom stereocenters. The van der Waals surface area contributed by atoms with Crippen molar-refractivity contribution >= 4 is 23.2 Å². The Bertz CT molecular complexity index is 517. The number of rotatable bonds is 4. The number of hydrogen-bond donors (Lipinski definition) is 1. The molecule has 2 rings (SSSR count). The van der Waals surface area contributed by atoms with Crippen molar-refractivity contribution in [2.75, 3.05) is 7.05 Å². The van der Waals surface area contributed by atoms with Crippen molar-refractivity contribution in [2.45, 2.75) is 12.5 Å². The second-order valence-corrected chi connectivity index (χ2v) is 4.72. The second-order valence-electron chi connectivity index (χ2n) is 3.93. The fourth-order valence-corrected chi connectivity index (χ4v) is 2.22. The molecule has 2 aromatic rings. The van der Waals surface area contributed by atoms with Crippen LogP contribution < -0.4 is 5.32 Å². The zero-order valence-electron chi connectivity index (χ0n) is 9.90. The molecule has 1 aromatic carbocycles. The third-order valence-corrected chi connectivity index (χ3v) is 3.67. The van der Waals surface area contributed by atoms with E-state index in [0.29, 0.717) is 10.0 Å². The summed E-state index contributed by atoms with van der Waals surface area (Å²) in [5.41, 5.74) is 2.09. The molecule has 0 bridgehead atoms. The molecule has 18 heavy (non-hydrogen) atoms. The number of aromatic nitrogens is 2. The fourth-order valence-electron chi connectivity index (χ4n) is 1.82. The highest BCUT2D eigenvalue weighted by molar-refractivity contribution is 6.42. The van der Waals surface area contributed by atoms with E-state index in [1.807, 2.05) is 25.2 Å². The van der Waals surface area contributed by atoms with Gasteiger partial charge in [-0.25, -0.2) is 0 Å². The van der Waals surface area contributed by atoms with E-state index >= 15 is 0 Å². The first kappa shape index (κ1) is 13.3. The number of halogens is 2. The Morgan fingerprint density at radius 1 is 1.22 bits per heavy atom. The summed E-state index contributed by atoms with van der Waals surface area (Å²) < 4.78 is 0. The molecule has 0 fully saturated rings. The standard InChI is InChI=1S/C13H13Cl2N3/c1-16-12(10-5-6-17-18-8-10)7-9-3-2-4-11(14)13(9)15/h2-6,8,12,16H,7H2,1H3. The van der Waals surface area contributed by atoms with Crippen LogP contribution in [0.25, 0.3) is 0 Å². The minimum atomic E-state index is 0.136. The lowest BCUT2D eigenvalue weighted by Gasteiger charge is -2.17. The van der Waals surface area contributed by atoms with Crippen LogP contribution in [0.5, 0.6) is 0 Å². The van der Waals surface area contributed by atoms with Gasteiger partial charge in [0.05, 0.1) is 16.2 Å². The predicted octanol–water partition coefficient (Wildman–Crippen LogP) is 3.29. The first-order valence-electron chi connectivity index (χ1n) is 5.59. The van der Waals surface area contributed by atoms with Gasteiger partial charge in [0.25, 0.3) is 0 Å². The van der Waals surface area contributed by atoms with E-state index in [-0.39, 0.29) is 6.04 Å². The van der Waals surface area contributed by atoms with Gasteiger partial charge in [0.1, 0.15) is 0 Å². The van der Waals surface area contributed by atoms with Crippen LogP contribution in [-0.4, -0.2) is 17.2 Å². The summed E-state index contributed by atoms with van der Waals surface area (Å²) in [6, 6.07) is 7.74. The molecule has 0 saturated heterocycles. The third-order valence-electron chi connectivity index (χ3n) is 2.81. The van der Waals surface area contributed by atoms with E-state index < -0.39 is 0 Å². The minimum Gasteiger partial charge on any atom is -0.313 e. The molecule has 1 atom stereocenters. The van der Waals surface area contributed by atoms with Crippen LogP contribution in [0.2, 0.25) is 10.0 Å². The molecule has 0 aliphatic carbocycles. The third kappa shape index (κ3) is 2.99. The van der Waals surface area contributed by atoms with Crippen LogP contribution in [0, 0.1) is 0 Å². The maximum absolute atomic E-state index is 6.19. The average molecular weight is 282 g/mol. The fraction of sp³-hybridized carbons (Fsp3) is 0.231. The lowest BCUT2D eigenvalue weighted by molar-refractivity contribution is 0.588. The zero-order valence-corrected chi connectivity index (χ0v) is 11.4. The Kier molecular flexibility index (Phi) is 4.53. The van der Waals surface area contributed by atoms with Crippen LogP contribution in [0.3, 0.4) is 0 Å². The summed E-state index contributed by atoms with van der Waals surface area (Å²) in [6.45, 7) is 0. The summed E-state index contributed by atoms with van der Waals surface area (Å²) in [6.07, 6.45) is 4.18. The molecule has 94 valence electrons. The average Bonchev–Trinajstić information content (AvgIpc) is 2.41. The molecule has 1 N–H and O–H groups in total. The smallest absolute Gasteiger partial charge is 0.0624 e. The number of benzene rings is 1. The summed E-state index contributed by atoms with van der Waals surface area (Å²) in [7, 11) is 1.91. The molecule has 3 nitrogen and oxygen atoms in total. The van der Waals surface area contributed by atoms with Crippen molar-refractivity contribution in [3.05, 3.63) is 57.8 Å². The van der Waals surface area contributed by atoms with Gasteiger partial charge in [0.15, 0.2) is 0 Å². The molecule has 0 amide bonds. The normalized spacial score (nSPS) is 12.4. The molecule has 0 aliphatic rings. The Morgan fingerprint density at radius 3 is 2.72 bits per heavy atom. The Morgan fingerprint density at radius 2 is 2.06 bits per heavy atom. The largest absolute Gasteiger partial charge is 0.313 e. The SMILES string of the molecule is CNC(Cc1cccc(Cl)c1Cl)c1ccnnc1. The van der Waals surface area contributed by atoms with E-state index in [2.05, 4.69) is 15.5 Å². The number of likely N-dealkylation sites (N-methyl/N-ethyl adjacent to an activating group) is 1. The van der Waals surface area contributed by atoms with Crippen LogP contribution in [0.4, 0.5) is 0 Å². The van der Waals surface area contributed by atoms with Crippen LogP contribution in [-0.2, 0) is 6.42 Å². The predicted molar refractivity (Wildman–Crippen MR) is 74.0 cm³/mol. The minimum absolute atomic E-state index is 0.136. The second kappa shape index (κ2) is 6.14. The highest BCUT2D eigenvalue weighted by Gasteiger charge is 2.13. The topological polar surface area (TPSA) is 37.8 Å². The summed E-state index contributed by atoms with van der Waals surface area (Å²) in [5, 5.41) is 12.1. The summed E-state index contributed by atoms with van der Waals surface area (Å²) in [4.78, 5) is 0. The molecule has 0 saturated carbocycles. The Hall–Kier alpha value is -1.16. The lowest BCUT2D eigenvalue weighted by Crippen LogP contribution is -2.19. The maximum atomic E-state index is 6.19. The van der Waals surface area contributed by atoms with Crippen molar-refractivity contribution in [1.29, 1.82) is 0 Å². The molecule has 0 aliphatic heterocycles. The molecule has 0 radical (unpaired) electrons. The Balaban J connectivity index is 2.24. The molecule has 1 aromatic heterocycles. The van der Waals surface area contributed by atoms with Crippen molar-refractivity contribution in [1.82, 2.24) is 15.5 Å². The molecule has 0 spiro atoms. The zero-order chi connectivity index (χ0) is 13.0. The van der Waals surface area contributed by atoms with Gasteiger partial charge in [-0.1, -0.05) is 35.3 Å². The molecule has 1 heterocycles. The Labute approximate surface area is 116 Å². The molecule has 5 heteroatoms. The molecular formula is C13H13Cl2N3. The van der Waals surface area contributed by atoms with Crippen LogP contribution in [0.1, 0.15) is 17.2 Å². The van der Waals surface area contributed by atoms with E-state index in [0.717, 1.165) is 17.5 Å². The van der Waals surface area contributed by atoms with E-state index in [9.17, 15) is 0 Å². The van der Waals surface area contributed by atoms with Crippen molar-refractivity contribution in [2.24, 2.45) is 0 Å². The van der Waals surface area contributed by atoms with Gasteiger partial charge < -0.3 is 5.32 Å². The van der Waals surface area contributed by atoms with Crippen molar-refractivity contribution in [3.8, 4) is 0 Å². The van der Waals surface area contributed by atoms with Gasteiger partial charge in [0, 0.05) is 12.2 Å². The lowest BCUT2D eigenvalue weighted by atomic mass is 10.0. The van der Waals surface area contributed by atoms with Gasteiger partial charge in [0.2, 0.25) is 0 Å². The van der Waals surface area contributed by atoms with Gasteiger partial charge in [-0.3, -0.25) is 0 Å². The number of nitrogens with zero attached hydrogens (tertiary/aromatic N) is 2. The van der Waals surface area contributed by atoms with Crippen molar-refractivity contribution < 1.29 is 0 Å². The van der Waals surface area contributed by atoms with Gasteiger partial charge >= 0.3 is 0 Å². The monoisotopic (exact) mass is 281 g/mol. The summed E-state index contributed by atoms with van der Waals surface area (Å²) in [5.74, 6) is 0. The van der Waals surface area contributed by atoms with E-state index in [4.69, 9.17) is 23.2 Å². The molecular weight excluding hydrogens is 269 g/mol. The number of nitrogens with one attached hydrogen (secondary N) is 1. The highest BCUT2D eigenvalue weighted by Crippen LogP contribution is 2.28.